The quantitative estimate of drug-likeness (QED) is 0.510. The Morgan fingerprint density at radius 3 is 2.60 bits per heavy atom. The fraction of sp³-hybridized carbons (Fsp3) is 0.333. The van der Waals surface area contributed by atoms with E-state index in [1.165, 1.54) is 10.6 Å². The van der Waals surface area contributed by atoms with Crippen LogP contribution in [0.4, 0.5) is 0 Å². The smallest absolute Gasteiger partial charge is 0.253 e. The lowest BCUT2D eigenvalue weighted by molar-refractivity contribution is 0.717. The molecule has 3 nitrogen and oxygen atoms in total. The van der Waals surface area contributed by atoms with Crippen LogP contribution in [0.5, 0.6) is 0 Å². The summed E-state index contributed by atoms with van der Waals surface area (Å²) in [6.45, 7) is 0. The van der Waals surface area contributed by atoms with E-state index in [1.54, 1.807) is 17.8 Å². The Hall–Kier alpha value is -0.900. The summed E-state index contributed by atoms with van der Waals surface area (Å²) in [6, 6.07) is 1.48. The summed E-state index contributed by atoms with van der Waals surface area (Å²) in [4.78, 5) is 10.9. The van der Waals surface area contributed by atoms with Gasteiger partial charge in [-0.05, 0) is 12.2 Å². The average molecular weight is 156 g/mol. The predicted molar refractivity (Wildman–Crippen MR) is 41.5 cm³/mol. The summed E-state index contributed by atoms with van der Waals surface area (Å²) in [6.07, 6.45) is 1.66. The van der Waals surface area contributed by atoms with E-state index in [1.807, 2.05) is 7.05 Å². The van der Waals surface area contributed by atoms with Crippen LogP contribution >= 0.6 is 12.2 Å². The van der Waals surface area contributed by atoms with Crippen molar-refractivity contribution in [2.24, 2.45) is 14.1 Å². The van der Waals surface area contributed by atoms with E-state index in [2.05, 4.69) is 0 Å². The fourth-order valence-electron chi connectivity index (χ4n) is 0.682. The van der Waals surface area contributed by atoms with Crippen molar-refractivity contribution in [1.29, 1.82) is 0 Å². The Bertz CT molecular complexity index is 350. The van der Waals surface area contributed by atoms with Gasteiger partial charge in [-0.1, -0.05) is 0 Å². The van der Waals surface area contributed by atoms with Gasteiger partial charge in [-0.3, -0.25) is 9.36 Å². The van der Waals surface area contributed by atoms with Gasteiger partial charge < -0.3 is 4.57 Å². The van der Waals surface area contributed by atoms with Crippen LogP contribution in [0.3, 0.4) is 0 Å². The third kappa shape index (κ3) is 1.02. The number of aromatic nitrogens is 2. The summed E-state index contributed by atoms with van der Waals surface area (Å²) >= 11 is 4.91. The van der Waals surface area contributed by atoms with Crippen LogP contribution in [0.1, 0.15) is 0 Å². The minimum Gasteiger partial charge on any atom is -0.328 e. The summed E-state index contributed by atoms with van der Waals surface area (Å²) in [7, 11) is 3.46. The lowest BCUT2D eigenvalue weighted by Gasteiger charge is -2.00. The normalized spacial score (nSPS) is 9.80. The molecule has 4 heteroatoms. The van der Waals surface area contributed by atoms with E-state index in [-0.39, 0.29) is 5.56 Å². The number of aryl methyl sites for hydroxylation is 1. The van der Waals surface area contributed by atoms with Crippen molar-refractivity contribution >= 4 is 12.2 Å². The molecule has 0 N–H and O–H groups in total. The van der Waals surface area contributed by atoms with Crippen LogP contribution in [0.25, 0.3) is 0 Å². The number of hydrogen-bond acceptors (Lipinski definition) is 2. The lowest BCUT2D eigenvalue weighted by Crippen LogP contribution is -2.19. The molecule has 0 fully saturated rings. The van der Waals surface area contributed by atoms with Crippen molar-refractivity contribution in [1.82, 2.24) is 9.13 Å². The maximum atomic E-state index is 10.9. The molecule has 0 aliphatic rings. The van der Waals surface area contributed by atoms with Gasteiger partial charge in [0.05, 0.1) is 0 Å². The first-order valence-corrected chi connectivity index (χ1v) is 3.26. The number of nitrogens with zero attached hydrogens (tertiary/aromatic N) is 2. The first kappa shape index (κ1) is 7.21. The zero-order chi connectivity index (χ0) is 7.72. The third-order valence-electron chi connectivity index (χ3n) is 1.36. The predicted octanol–water partition coefficient (Wildman–Crippen LogP) is 0.453. The Balaban J connectivity index is 3.66. The standard InChI is InChI=1S/C6H8N2OS/c1-7-4-3-5(9)8(2)6(7)10/h3-4H,1-2H3. The second-order valence-electron chi connectivity index (χ2n) is 2.11. The molecule has 0 aromatic carbocycles. The highest BCUT2D eigenvalue weighted by Gasteiger charge is 1.90. The van der Waals surface area contributed by atoms with Crippen molar-refractivity contribution < 1.29 is 0 Å². The van der Waals surface area contributed by atoms with Crippen molar-refractivity contribution in [2.75, 3.05) is 0 Å². The van der Waals surface area contributed by atoms with Crippen molar-refractivity contribution in [3.8, 4) is 0 Å². The molecule has 1 heterocycles. The minimum absolute atomic E-state index is 0.0666. The highest BCUT2D eigenvalue weighted by atomic mass is 32.1. The molecule has 0 atom stereocenters. The Morgan fingerprint density at radius 1 is 1.50 bits per heavy atom. The van der Waals surface area contributed by atoms with Gasteiger partial charge in [0, 0.05) is 26.4 Å². The number of hydrogen-bond donors (Lipinski definition) is 0. The maximum absolute atomic E-state index is 10.9. The highest BCUT2D eigenvalue weighted by Crippen LogP contribution is 1.82. The molecule has 1 aromatic rings. The Labute approximate surface area is 63.5 Å². The zero-order valence-corrected chi connectivity index (χ0v) is 6.68. The van der Waals surface area contributed by atoms with Gasteiger partial charge in [-0.2, -0.15) is 0 Å². The summed E-state index contributed by atoms with van der Waals surface area (Å²) in [5.41, 5.74) is -0.0666. The third-order valence-corrected chi connectivity index (χ3v) is 1.92. The lowest BCUT2D eigenvalue weighted by atomic mass is 10.6. The first-order valence-electron chi connectivity index (χ1n) is 2.85. The molecule has 1 aromatic heterocycles. The Kier molecular flexibility index (Phi) is 1.72. The molecule has 0 aliphatic heterocycles. The molecule has 0 spiro atoms. The zero-order valence-electron chi connectivity index (χ0n) is 5.87. The van der Waals surface area contributed by atoms with E-state index >= 15 is 0 Å². The van der Waals surface area contributed by atoms with Gasteiger partial charge in [0.25, 0.3) is 5.56 Å². The SMILES string of the molecule is Cn1ccc(=O)n(C)c1=S. The largest absolute Gasteiger partial charge is 0.328 e. The average Bonchev–Trinajstić information content (AvgIpc) is 1.93. The number of rotatable bonds is 0. The van der Waals surface area contributed by atoms with Gasteiger partial charge >= 0.3 is 0 Å². The van der Waals surface area contributed by atoms with Crippen molar-refractivity contribution in [3.05, 3.63) is 27.4 Å². The highest BCUT2D eigenvalue weighted by molar-refractivity contribution is 7.71. The Morgan fingerprint density at radius 2 is 2.10 bits per heavy atom. The van der Waals surface area contributed by atoms with E-state index in [0.29, 0.717) is 4.77 Å². The van der Waals surface area contributed by atoms with E-state index < -0.39 is 0 Å². The fourth-order valence-corrected chi connectivity index (χ4v) is 0.833. The van der Waals surface area contributed by atoms with E-state index in [4.69, 9.17) is 12.2 Å². The molecule has 0 radical (unpaired) electrons. The molecular weight excluding hydrogens is 148 g/mol. The molecule has 0 saturated carbocycles. The van der Waals surface area contributed by atoms with E-state index in [0.717, 1.165) is 0 Å². The van der Waals surface area contributed by atoms with Crippen LogP contribution in [0.15, 0.2) is 17.1 Å². The molecule has 0 amide bonds. The minimum atomic E-state index is -0.0666. The van der Waals surface area contributed by atoms with Gasteiger partial charge in [-0.25, -0.2) is 0 Å². The maximum Gasteiger partial charge on any atom is 0.253 e. The van der Waals surface area contributed by atoms with Gasteiger partial charge in [-0.15, -0.1) is 0 Å². The van der Waals surface area contributed by atoms with Crippen molar-refractivity contribution in [3.63, 3.8) is 0 Å². The van der Waals surface area contributed by atoms with Crippen LogP contribution < -0.4 is 5.56 Å². The molecule has 54 valence electrons. The van der Waals surface area contributed by atoms with Crippen molar-refractivity contribution in [2.45, 2.75) is 0 Å². The van der Waals surface area contributed by atoms with Crippen LogP contribution in [-0.2, 0) is 14.1 Å². The molecule has 0 aliphatic carbocycles. The molecular formula is C6H8N2OS. The molecule has 10 heavy (non-hydrogen) atoms. The van der Waals surface area contributed by atoms with Crippen LogP contribution in [0.2, 0.25) is 0 Å². The molecule has 0 unspecified atom stereocenters. The second kappa shape index (κ2) is 2.38. The summed E-state index contributed by atoms with van der Waals surface area (Å²) < 4.78 is 3.68. The monoisotopic (exact) mass is 156 g/mol. The van der Waals surface area contributed by atoms with Gasteiger partial charge in [0.1, 0.15) is 0 Å². The summed E-state index contributed by atoms with van der Waals surface area (Å²) in [5.74, 6) is 0. The van der Waals surface area contributed by atoms with Gasteiger partial charge in [0.15, 0.2) is 4.77 Å². The summed E-state index contributed by atoms with van der Waals surface area (Å²) in [5, 5.41) is 0. The van der Waals surface area contributed by atoms with Gasteiger partial charge in [0.2, 0.25) is 0 Å². The van der Waals surface area contributed by atoms with Crippen LogP contribution in [-0.4, -0.2) is 9.13 Å². The molecule has 0 saturated heterocycles. The second-order valence-corrected chi connectivity index (χ2v) is 2.47. The topological polar surface area (TPSA) is 26.9 Å². The van der Waals surface area contributed by atoms with Crippen LogP contribution in [0, 0.1) is 4.77 Å². The molecule has 1 rings (SSSR count). The first-order chi connectivity index (χ1) is 4.63. The molecule has 0 bridgehead atoms. The van der Waals surface area contributed by atoms with E-state index in [9.17, 15) is 4.79 Å².